The molecule has 0 amide bonds. The highest BCUT2D eigenvalue weighted by molar-refractivity contribution is 6.31. The van der Waals surface area contributed by atoms with E-state index in [1.54, 1.807) is 12.1 Å². The molecule has 0 fully saturated rings. The second-order valence-electron chi connectivity index (χ2n) is 4.91. The normalized spacial score (nSPS) is 11.0. The molecule has 0 aliphatic rings. The zero-order chi connectivity index (χ0) is 12.9. The standard InChI is InChI=1S/C13H18ClN3/c1-13(2,3)17-7-6-16-11-4-5-12(14)10(8-11)9-15/h4-5,8,16-17H,6-7H2,1-3H3. The number of nitriles is 1. The fraction of sp³-hybridized carbons (Fsp3) is 0.462. The van der Waals surface area contributed by atoms with Crippen LogP contribution in [-0.4, -0.2) is 18.6 Å². The first-order chi connectivity index (χ1) is 7.92. The van der Waals surface area contributed by atoms with Crippen molar-refractivity contribution in [3.63, 3.8) is 0 Å². The molecule has 0 atom stereocenters. The molecule has 1 aromatic carbocycles. The lowest BCUT2D eigenvalue weighted by Crippen LogP contribution is -2.38. The number of rotatable bonds is 4. The van der Waals surface area contributed by atoms with Crippen molar-refractivity contribution in [1.82, 2.24) is 5.32 Å². The van der Waals surface area contributed by atoms with Crippen LogP contribution in [-0.2, 0) is 0 Å². The summed E-state index contributed by atoms with van der Waals surface area (Å²) in [4.78, 5) is 0. The molecule has 4 heteroatoms. The van der Waals surface area contributed by atoms with Crippen molar-refractivity contribution in [1.29, 1.82) is 5.26 Å². The molecule has 1 rings (SSSR count). The number of nitrogens with zero attached hydrogens (tertiary/aromatic N) is 1. The summed E-state index contributed by atoms with van der Waals surface area (Å²) in [7, 11) is 0. The summed E-state index contributed by atoms with van der Waals surface area (Å²) >= 11 is 5.85. The largest absolute Gasteiger partial charge is 0.384 e. The SMILES string of the molecule is CC(C)(C)NCCNc1ccc(Cl)c(C#N)c1. The third kappa shape index (κ3) is 5.08. The Morgan fingerprint density at radius 3 is 2.59 bits per heavy atom. The van der Waals surface area contributed by atoms with Gasteiger partial charge >= 0.3 is 0 Å². The topological polar surface area (TPSA) is 47.8 Å². The maximum absolute atomic E-state index is 8.85. The molecular weight excluding hydrogens is 234 g/mol. The first-order valence-corrected chi connectivity index (χ1v) is 5.99. The van der Waals surface area contributed by atoms with Gasteiger partial charge in [-0.25, -0.2) is 0 Å². The van der Waals surface area contributed by atoms with E-state index in [1.165, 1.54) is 0 Å². The van der Waals surface area contributed by atoms with Crippen LogP contribution >= 0.6 is 11.6 Å². The van der Waals surface area contributed by atoms with Crippen LogP contribution in [0.25, 0.3) is 0 Å². The van der Waals surface area contributed by atoms with Gasteiger partial charge in [-0.1, -0.05) is 11.6 Å². The van der Waals surface area contributed by atoms with Gasteiger partial charge in [0.15, 0.2) is 0 Å². The smallest absolute Gasteiger partial charge is 0.101 e. The molecule has 0 bridgehead atoms. The molecule has 0 heterocycles. The van der Waals surface area contributed by atoms with Gasteiger partial charge in [-0.2, -0.15) is 5.26 Å². The van der Waals surface area contributed by atoms with Crippen molar-refractivity contribution < 1.29 is 0 Å². The van der Waals surface area contributed by atoms with Crippen molar-refractivity contribution in [2.45, 2.75) is 26.3 Å². The molecule has 0 aliphatic heterocycles. The van der Waals surface area contributed by atoms with Crippen LogP contribution in [0, 0.1) is 11.3 Å². The highest BCUT2D eigenvalue weighted by atomic mass is 35.5. The minimum atomic E-state index is 0.124. The molecule has 0 saturated heterocycles. The molecule has 0 aliphatic carbocycles. The lowest BCUT2D eigenvalue weighted by atomic mass is 10.1. The number of hydrogen-bond donors (Lipinski definition) is 2. The second-order valence-corrected chi connectivity index (χ2v) is 5.32. The lowest BCUT2D eigenvalue weighted by Gasteiger charge is -2.20. The van der Waals surface area contributed by atoms with Crippen LogP contribution in [0.15, 0.2) is 18.2 Å². The number of nitrogens with one attached hydrogen (secondary N) is 2. The fourth-order valence-electron chi connectivity index (χ4n) is 1.37. The average Bonchev–Trinajstić information content (AvgIpc) is 2.25. The summed E-state index contributed by atoms with van der Waals surface area (Å²) in [5.41, 5.74) is 1.54. The third-order valence-electron chi connectivity index (χ3n) is 2.20. The van der Waals surface area contributed by atoms with Gasteiger partial charge in [0.25, 0.3) is 0 Å². The molecule has 3 nitrogen and oxygen atoms in total. The highest BCUT2D eigenvalue weighted by Gasteiger charge is 2.07. The Balaban J connectivity index is 2.45. The molecule has 0 saturated carbocycles. The van der Waals surface area contributed by atoms with E-state index in [0.717, 1.165) is 18.8 Å². The highest BCUT2D eigenvalue weighted by Crippen LogP contribution is 2.19. The monoisotopic (exact) mass is 251 g/mol. The van der Waals surface area contributed by atoms with E-state index in [1.807, 2.05) is 6.07 Å². The summed E-state index contributed by atoms with van der Waals surface area (Å²) < 4.78 is 0. The Labute approximate surface area is 108 Å². The Morgan fingerprint density at radius 1 is 1.29 bits per heavy atom. The molecule has 17 heavy (non-hydrogen) atoms. The average molecular weight is 252 g/mol. The first kappa shape index (κ1) is 13.8. The molecule has 0 spiro atoms. The summed E-state index contributed by atoms with van der Waals surface area (Å²) in [6, 6.07) is 7.44. The molecule has 2 N–H and O–H groups in total. The van der Waals surface area contributed by atoms with Crippen molar-refractivity contribution >= 4 is 17.3 Å². The van der Waals surface area contributed by atoms with Gasteiger partial charge in [0.05, 0.1) is 10.6 Å². The van der Waals surface area contributed by atoms with Gasteiger partial charge in [-0.15, -0.1) is 0 Å². The van der Waals surface area contributed by atoms with Crippen LogP contribution in [0.2, 0.25) is 5.02 Å². The summed E-state index contributed by atoms with van der Waals surface area (Å²) in [6.07, 6.45) is 0. The maximum Gasteiger partial charge on any atom is 0.101 e. The van der Waals surface area contributed by atoms with Gasteiger partial charge in [-0.05, 0) is 39.0 Å². The summed E-state index contributed by atoms with van der Waals surface area (Å²) in [6.45, 7) is 8.06. The number of anilines is 1. The molecule has 92 valence electrons. The van der Waals surface area contributed by atoms with Gasteiger partial charge in [-0.3, -0.25) is 0 Å². The molecule has 1 aromatic rings. The fourth-order valence-corrected chi connectivity index (χ4v) is 1.53. The van der Waals surface area contributed by atoms with Crippen LogP contribution in [0.3, 0.4) is 0 Å². The Hall–Kier alpha value is -1.24. The number of halogens is 1. The summed E-state index contributed by atoms with van der Waals surface area (Å²) in [5.74, 6) is 0. The van der Waals surface area contributed by atoms with E-state index in [9.17, 15) is 0 Å². The lowest BCUT2D eigenvalue weighted by molar-refractivity contribution is 0.435. The van der Waals surface area contributed by atoms with Crippen LogP contribution in [0.4, 0.5) is 5.69 Å². The van der Waals surface area contributed by atoms with E-state index in [2.05, 4.69) is 37.5 Å². The zero-order valence-corrected chi connectivity index (χ0v) is 11.2. The van der Waals surface area contributed by atoms with E-state index in [0.29, 0.717) is 10.6 Å². The zero-order valence-electron chi connectivity index (χ0n) is 10.5. The minimum absolute atomic E-state index is 0.124. The maximum atomic E-state index is 8.85. The van der Waals surface area contributed by atoms with Gasteiger partial charge < -0.3 is 10.6 Å². The third-order valence-corrected chi connectivity index (χ3v) is 2.53. The predicted molar refractivity (Wildman–Crippen MR) is 72.4 cm³/mol. The van der Waals surface area contributed by atoms with Crippen molar-refractivity contribution in [3.05, 3.63) is 28.8 Å². The van der Waals surface area contributed by atoms with Crippen LogP contribution in [0.5, 0.6) is 0 Å². The summed E-state index contributed by atoms with van der Waals surface area (Å²) in [5, 5.41) is 16.0. The van der Waals surface area contributed by atoms with Crippen molar-refractivity contribution in [3.8, 4) is 6.07 Å². The van der Waals surface area contributed by atoms with Gasteiger partial charge in [0.1, 0.15) is 6.07 Å². The first-order valence-electron chi connectivity index (χ1n) is 5.61. The minimum Gasteiger partial charge on any atom is -0.384 e. The molecule has 0 aromatic heterocycles. The van der Waals surface area contributed by atoms with E-state index in [4.69, 9.17) is 16.9 Å². The predicted octanol–water partition coefficient (Wildman–Crippen LogP) is 3.01. The van der Waals surface area contributed by atoms with Crippen molar-refractivity contribution in [2.24, 2.45) is 0 Å². The van der Waals surface area contributed by atoms with E-state index in [-0.39, 0.29) is 5.54 Å². The van der Waals surface area contributed by atoms with E-state index >= 15 is 0 Å². The Morgan fingerprint density at radius 2 is 2.00 bits per heavy atom. The van der Waals surface area contributed by atoms with E-state index < -0.39 is 0 Å². The van der Waals surface area contributed by atoms with Gasteiger partial charge in [0, 0.05) is 24.3 Å². The molecular formula is C13H18ClN3. The molecule has 0 unspecified atom stereocenters. The molecule has 0 radical (unpaired) electrons. The van der Waals surface area contributed by atoms with Crippen molar-refractivity contribution in [2.75, 3.05) is 18.4 Å². The quantitative estimate of drug-likeness (QED) is 0.809. The van der Waals surface area contributed by atoms with Crippen LogP contribution < -0.4 is 10.6 Å². The number of hydrogen-bond acceptors (Lipinski definition) is 3. The Kier molecular flexibility index (Phi) is 4.80. The Bertz CT molecular complexity index is 416. The number of benzene rings is 1. The second kappa shape index (κ2) is 5.90. The van der Waals surface area contributed by atoms with Gasteiger partial charge in [0.2, 0.25) is 0 Å². The van der Waals surface area contributed by atoms with Crippen LogP contribution in [0.1, 0.15) is 26.3 Å².